The summed E-state index contributed by atoms with van der Waals surface area (Å²) in [6.45, 7) is 1.58. The van der Waals surface area contributed by atoms with Crippen molar-refractivity contribution in [3.8, 4) is 11.5 Å². The van der Waals surface area contributed by atoms with Crippen LogP contribution in [0.25, 0.3) is 0 Å². The molecule has 210 valence electrons. The lowest BCUT2D eigenvalue weighted by Gasteiger charge is -2.21. The van der Waals surface area contributed by atoms with Crippen LogP contribution in [0.2, 0.25) is 0 Å². The van der Waals surface area contributed by atoms with Crippen LogP contribution in [0.4, 0.5) is 21.9 Å². The number of ether oxygens (including phenoxy) is 2. The van der Waals surface area contributed by atoms with Gasteiger partial charge in [0.25, 0.3) is 0 Å². The molecule has 0 aliphatic carbocycles. The Hall–Kier alpha value is -5.06. The number of aliphatic carboxylic acids is 1. The maximum Gasteiger partial charge on any atom is 0.323 e. The van der Waals surface area contributed by atoms with Gasteiger partial charge in [-0.15, -0.1) is 0 Å². The summed E-state index contributed by atoms with van der Waals surface area (Å²) in [7, 11) is 2.94. The van der Waals surface area contributed by atoms with Gasteiger partial charge in [0, 0.05) is 29.4 Å². The molecule has 0 aromatic heterocycles. The number of carboxylic acids is 1. The number of para-hydroxylation sites is 1. The van der Waals surface area contributed by atoms with Gasteiger partial charge in [0.05, 0.1) is 26.7 Å². The third-order valence-electron chi connectivity index (χ3n) is 5.90. The van der Waals surface area contributed by atoms with Gasteiger partial charge in [-0.2, -0.15) is 0 Å². The molecule has 1 unspecified atom stereocenters. The number of urea groups is 1. The van der Waals surface area contributed by atoms with Crippen molar-refractivity contribution in [2.24, 2.45) is 5.92 Å². The third kappa shape index (κ3) is 8.76. The van der Waals surface area contributed by atoms with Crippen LogP contribution in [-0.2, 0) is 14.4 Å². The Morgan fingerprint density at radius 1 is 0.750 bits per heavy atom. The Kier molecular flexibility index (Phi) is 10.5. The van der Waals surface area contributed by atoms with Crippen LogP contribution in [0, 0.1) is 5.92 Å². The van der Waals surface area contributed by atoms with Gasteiger partial charge < -0.3 is 35.8 Å². The number of carboxylic acid groups (broad SMARTS) is 1. The van der Waals surface area contributed by atoms with Crippen molar-refractivity contribution in [3.63, 3.8) is 0 Å². The fourth-order valence-corrected chi connectivity index (χ4v) is 3.85. The summed E-state index contributed by atoms with van der Waals surface area (Å²) >= 11 is 0. The highest BCUT2D eigenvalue weighted by atomic mass is 16.5. The molecule has 2 atom stereocenters. The van der Waals surface area contributed by atoms with Gasteiger partial charge in [0.15, 0.2) is 11.5 Å². The molecule has 0 aliphatic rings. The number of rotatable bonds is 12. The van der Waals surface area contributed by atoms with E-state index in [1.807, 2.05) is 18.2 Å². The molecular weight excluding hydrogens is 516 g/mol. The lowest BCUT2D eigenvalue weighted by Crippen LogP contribution is -2.35. The van der Waals surface area contributed by atoms with E-state index in [0.29, 0.717) is 34.1 Å². The van der Waals surface area contributed by atoms with E-state index in [4.69, 9.17) is 9.47 Å². The second-order valence-electron chi connectivity index (χ2n) is 8.95. The molecule has 0 saturated carbocycles. The molecule has 0 bridgehead atoms. The average Bonchev–Trinajstić information content (AvgIpc) is 2.93. The van der Waals surface area contributed by atoms with Crippen molar-refractivity contribution in [1.82, 2.24) is 5.32 Å². The number of nitrogens with one attached hydrogen (secondary N) is 4. The lowest BCUT2D eigenvalue weighted by molar-refractivity contribution is -0.138. The quantitative estimate of drug-likeness (QED) is 0.221. The smallest absolute Gasteiger partial charge is 0.323 e. The molecule has 3 aromatic rings. The van der Waals surface area contributed by atoms with E-state index in [-0.39, 0.29) is 12.8 Å². The van der Waals surface area contributed by atoms with Gasteiger partial charge in [-0.05, 0) is 54.1 Å². The first kappa shape index (κ1) is 29.5. The van der Waals surface area contributed by atoms with Gasteiger partial charge in [0.2, 0.25) is 11.8 Å². The number of carbonyl (C=O) groups excluding carboxylic acids is 3. The van der Waals surface area contributed by atoms with Crippen molar-refractivity contribution in [2.45, 2.75) is 25.8 Å². The molecule has 0 spiro atoms. The summed E-state index contributed by atoms with van der Waals surface area (Å²) in [5.74, 6) is -1.84. The average molecular weight is 549 g/mol. The first-order chi connectivity index (χ1) is 19.2. The molecule has 11 heteroatoms. The monoisotopic (exact) mass is 548 g/mol. The van der Waals surface area contributed by atoms with Crippen molar-refractivity contribution in [1.29, 1.82) is 0 Å². The molecule has 11 nitrogen and oxygen atoms in total. The van der Waals surface area contributed by atoms with Crippen LogP contribution in [0.1, 0.15) is 31.4 Å². The fraction of sp³-hybridized carbons (Fsp3) is 0.241. The third-order valence-corrected chi connectivity index (χ3v) is 5.90. The number of carbonyl (C=O) groups is 4. The van der Waals surface area contributed by atoms with Gasteiger partial charge in [-0.3, -0.25) is 14.4 Å². The normalized spacial score (nSPS) is 11.9. The number of hydrogen-bond acceptors (Lipinski definition) is 6. The van der Waals surface area contributed by atoms with E-state index in [1.54, 1.807) is 61.5 Å². The zero-order valence-electron chi connectivity index (χ0n) is 22.4. The van der Waals surface area contributed by atoms with Gasteiger partial charge >= 0.3 is 12.0 Å². The molecule has 3 aromatic carbocycles. The van der Waals surface area contributed by atoms with E-state index in [9.17, 15) is 24.3 Å². The molecule has 40 heavy (non-hydrogen) atoms. The van der Waals surface area contributed by atoms with Crippen LogP contribution in [0.3, 0.4) is 0 Å². The summed E-state index contributed by atoms with van der Waals surface area (Å²) in [6, 6.07) is 19.2. The Bertz CT molecular complexity index is 1330. The van der Waals surface area contributed by atoms with Gasteiger partial charge in [-0.1, -0.05) is 31.2 Å². The molecule has 5 N–H and O–H groups in total. The van der Waals surface area contributed by atoms with E-state index in [0.717, 1.165) is 0 Å². The topological polar surface area (TPSA) is 155 Å². The zero-order valence-corrected chi connectivity index (χ0v) is 22.4. The molecule has 0 fully saturated rings. The van der Waals surface area contributed by atoms with Crippen molar-refractivity contribution < 1.29 is 33.8 Å². The number of benzene rings is 3. The van der Waals surface area contributed by atoms with E-state index < -0.39 is 35.8 Å². The summed E-state index contributed by atoms with van der Waals surface area (Å²) in [5, 5.41) is 20.2. The Morgan fingerprint density at radius 2 is 1.32 bits per heavy atom. The van der Waals surface area contributed by atoms with Gasteiger partial charge in [0.1, 0.15) is 0 Å². The predicted octanol–water partition coefficient (Wildman–Crippen LogP) is 4.64. The molecular formula is C29H32N4O7. The SMILES string of the molecule is COc1ccc([C@H](CC(=O)O)NC(=O)C(C)CC(=O)Nc2ccc(NC(=O)Nc3ccccc3)cc2)cc1OC. The highest BCUT2D eigenvalue weighted by molar-refractivity contribution is 6.00. The van der Waals surface area contributed by atoms with Crippen LogP contribution in [0.5, 0.6) is 11.5 Å². The predicted molar refractivity (Wildman–Crippen MR) is 151 cm³/mol. The number of amides is 4. The number of methoxy groups -OCH3 is 2. The summed E-state index contributed by atoms with van der Waals surface area (Å²) < 4.78 is 10.5. The minimum atomic E-state index is -1.10. The largest absolute Gasteiger partial charge is 0.493 e. The van der Waals surface area contributed by atoms with Crippen LogP contribution in [-0.4, -0.2) is 43.1 Å². The minimum Gasteiger partial charge on any atom is -0.493 e. The number of hydrogen-bond donors (Lipinski definition) is 5. The van der Waals surface area contributed by atoms with Gasteiger partial charge in [-0.25, -0.2) is 4.79 Å². The standard InChI is InChI=1S/C29H32N4O7/c1-18(28(37)33-23(17-27(35)36)19-9-14-24(39-2)25(16-19)40-3)15-26(34)30-21-10-12-22(13-11-21)32-29(38)31-20-7-5-4-6-8-20/h4-14,16,18,23H,15,17H2,1-3H3,(H,30,34)(H,33,37)(H,35,36)(H2,31,32,38)/t18?,23-/m0/s1. The summed E-state index contributed by atoms with van der Waals surface area (Å²) in [6.07, 6.45) is -0.485. The highest BCUT2D eigenvalue weighted by Gasteiger charge is 2.24. The highest BCUT2D eigenvalue weighted by Crippen LogP contribution is 2.31. The van der Waals surface area contributed by atoms with Crippen LogP contribution in [0.15, 0.2) is 72.8 Å². The van der Waals surface area contributed by atoms with Crippen molar-refractivity contribution in [3.05, 3.63) is 78.4 Å². The van der Waals surface area contributed by atoms with E-state index >= 15 is 0 Å². The molecule has 0 aliphatic heterocycles. The minimum absolute atomic E-state index is 0.128. The molecule has 0 heterocycles. The Morgan fingerprint density at radius 3 is 1.90 bits per heavy atom. The van der Waals surface area contributed by atoms with Crippen molar-refractivity contribution in [2.75, 3.05) is 30.2 Å². The first-order valence-electron chi connectivity index (χ1n) is 12.5. The maximum atomic E-state index is 12.9. The van der Waals surface area contributed by atoms with Crippen molar-refractivity contribution >= 4 is 40.9 Å². The second kappa shape index (κ2) is 14.2. The summed E-state index contributed by atoms with van der Waals surface area (Å²) in [4.78, 5) is 49.1. The molecule has 0 radical (unpaired) electrons. The molecule has 0 saturated heterocycles. The fourth-order valence-electron chi connectivity index (χ4n) is 3.85. The van der Waals surface area contributed by atoms with Crippen LogP contribution < -0.4 is 30.7 Å². The van der Waals surface area contributed by atoms with E-state index in [2.05, 4.69) is 21.3 Å². The summed E-state index contributed by atoms with van der Waals surface area (Å²) in [5.41, 5.74) is 2.19. The number of anilines is 3. The molecule has 4 amide bonds. The van der Waals surface area contributed by atoms with Crippen LogP contribution >= 0.6 is 0 Å². The molecule has 3 rings (SSSR count). The van der Waals surface area contributed by atoms with E-state index in [1.165, 1.54) is 14.2 Å². The Labute approximate surface area is 231 Å². The second-order valence-corrected chi connectivity index (χ2v) is 8.95. The maximum absolute atomic E-state index is 12.9. The lowest BCUT2D eigenvalue weighted by atomic mass is 10.0. The Balaban J connectivity index is 1.54. The first-order valence-corrected chi connectivity index (χ1v) is 12.5. The zero-order chi connectivity index (χ0) is 29.1.